The summed E-state index contributed by atoms with van der Waals surface area (Å²) in [4.78, 5) is 13.4. The van der Waals surface area contributed by atoms with Crippen LogP contribution in [0.25, 0.3) is 0 Å². The zero-order valence-electron chi connectivity index (χ0n) is 8.95. The Kier molecular flexibility index (Phi) is 3.56. The molecule has 15 heavy (non-hydrogen) atoms. The molecule has 2 unspecified atom stereocenters. The lowest BCUT2D eigenvalue weighted by Crippen LogP contribution is -2.49. The van der Waals surface area contributed by atoms with Gasteiger partial charge < -0.3 is 4.74 Å². The van der Waals surface area contributed by atoms with E-state index >= 15 is 0 Å². The summed E-state index contributed by atoms with van der Waals surface area (Å²) in [6.45, 7) is 2.54. The Balaban J connectivity index is 1.82. The number of rotatable bonds is 3. The van der Waals surface area contributed by atoms with E-state index in [0.717, 1.165) is 19.7 Å². The fourth-order valence-electron chi connectivity index (χ4n) is 2.60. The van der Waals surface area contributed by atoms with Gasteiger partial charge >= 0.3 is 0 Å². The summed E-state index contributed by atoms with van der Waals surface area (Å²) in [5.41, 5.74) is 2.17. The zero-order valence-corrected chi connectivity index (χ0v) is 8.95. The number of nitrogens with one attached hydrogen (secondary N) is 1. The summed E-state index contributed by atoms with van der Waals surface area (Å²) >= 11 is 0. The van der Waals surface area contributed by atoms with Gasteiger partial charge in [0, 0.05) is 25.6 Å². The second kappa shape index (κ2) is 4.92. The molecule has 5 heteroatoms. The van der Waals surface area contributed by atoms with Crippen molar-refractivity contribution in [2.75, 3.05) is 19.7 Å². The van der Waals surface area contributed by atoms with E-state index in [4.69, 9.17) is 10.6 Å². The number of hydrogen-bond donors (Lipinski definition) is 2. The van der Waals surface area contributed by atoms with Crippen LogP contribution in [0.1, 0.15) is 25.7 Å². The third-order valence-electron chi connectivity index (χ3n) is 3.38. The minimum atomic E-state index is -0.0870. The lowest BCUT2D eigenvalue weighted by molar-refractivity contribution is -0.122. The number of carbonyl (C=O) groups is 1. The quantitative estimate of drug-likeness (QED) is 0.381. The first-order valence-electron chi connectivity index (χ1n) is 5.66. The van der Waals surface area contributed by atoms with Crippen molar-refractivity contribution in [1.29, 1.82) is 0 Å². The largest absolute Gasteiger partial charge is 0.375 e. The van der Waals surface area contributed by atoms with Crippen molar-refractivity contribution in [3.8, 4) is 0 Å². The molecular weight excluding hydrogens is 194 g/mol. The fraction of sp³-hybridized carbons (Fsp3) is 0.900. The van der Waals surface area contributed by atoms with E-state index in [0.29, 0.717) is 18.6 Å². The van der Waals surface area contributed by atoms with Crippen molar-refractivity contribution in [2.24, 2.45) is 5.84 Å². The van der Waals surface area contributed by atoms with Gasteiger partial charge in [-0.05, 0) is 19.3 Å². The Morgan fingerprint density at radius 3 is 3.20 bits per heavy atom. The predicted octanol–water partition coefficient (Wildman–Crippen LogP) is -0.380. The predicted molar refractivity (Wildman–Crippen MR) is 55.9 cm³/mol. The van der Waals surface area contributed by atoms with Gasteiger partial charge in [-0.1, -0.05) is 0 Å². The standard InChI is InChI=1S/C10H19N3O2/c11-12-10(14)4-5-13-6-7-15-9-3-1-2-8(9)13/h8-9H,1-7,11H2,(H,12,14). The molecule has 86 valence electrons. The highest BCUT2D eigenvalue weighted by atomic mass is 16.5. The summed E-state index contributed by atoms with van der Waals surface area (Å²) in [5, 5.41) is 0. The Morgan fingerprint density at radius 1 is 1.53 bits per heavy atom. The van der Waals surface area contributed by atoms with Gasteiger partial charge in [0.15, 0.2) is 0 Å². The van der Waals surface area contributed by atoms with E-state index < -0.39 is 0 Å². The van der Waals surface area contributed by atoms with E-state index in [-0.39, 0.29) is 5.91 Å². The highest BCUT2D eigenvalue weighted by Crippen LogP contribution is 2.29. The highest BCUT2D eigenvalue weighted by molar-refractivity contribution is 5.75. The average molecular weight is 213 g/mol. The maximum atomic E-state index is 11.1. The molecule has 0 aromatic carbocycles. The molecule has 0 aromatic rings. The first-order chi connectivity index (χ1) is 7.31. The molecule has 2 aliphatic rings. The van der Waals surface area contributed by atoms with Crippen molar-refractivity contribution in [2.45, 2.75) is 37.8 Å². The molecule has 1 heterocycles. The lowest BCUT2D eigenvalue weighted by atomic mass is 10.1. The van der Waals surface area contributed by atoms with E-state index in [1.807, 2.05) is 0 Å². The topological polar surface area (TPSA) is 67.6 Å². The first kappa shape index (κ1) is 10.9. The molecule has 0 aromatic heterocycles. The molecule has 1 saturated carbocycles. The van der Waals surface area contributed by atoms with E-state index in [2.05, 4.69) is 10.3 Å². The molecule has 1 aliphatic carbocycles. The van der Waals surface area contributed by atoms with Gasteiger partial charge in [0.05, 0.1) is 12.7 Å². The van der Waals surface area contributed by atoms with Gasteiger partial charge in [-0.15, -0.1) is 0 Å². The van der Waals surface area contributed by atoms with Crippen LogP contribution in [0, 0.1) is 0 Å². The molecule has 5 nitrogen and oxygen atoms in total. The number of hydrogen-bond acceptors (Lipinski definition) is 4. The number of carbonyl (C=O) groups excluding carboxylic acids is 1. The molecule has 2 rings (SSSR count). The molecule has 3 N–H and O–H groups in total. The Labute approximate surface area is 89.9 Å². The molecule has 0 radical (unpaired) electrons. The Bertz CT molecular complexity index is 235. The van der Waals surface area contributed by atoms with Crippen LogP contribution >= 0.6 is 0 Å². The molecule has 1 aliphatic heterocycles. The van der Waals surface area contributed by atoms with Crippen molar-refractivity contribution in [3.63, 3.8) is 0 Å². The maximum absolute atomic E-state index is 11.1. The third kappa shape index (κ3) is 2.48. The van der Waals surface area contributed by atoms with Gasteiger partial charge in [0.1, 0.15) is 0 Å². The number of ether oxygens (including phenoxy) is 1. The number of nitrogens with zero attached hydrogens (tertiary/aromatic N) is 1. The van der Waals surface area contributed by atoms with Gasteiger partial charge in [-0.3, -0.25) is 15.1 Å². The fourth-order valence-corrected chi connectivity index (χ4v) is 2.60. The lowest BCUT2D eigenvalue weighted by Gasteiger charge is -2.37. The second-order valence-corrected chi connectivity index (χ2v) is 4.26. The molecule has 2 atom stereocenters. The van der Waals surface area contributed by atoms with Crippen molar-refractivity contribution < 1.29 is 9.53 Å². The summed E-state index contributed by atoms with van der Waals surface area (Å²) in [5.74, 6) is 4.96. The van der Waals surface area contributed by atoms with Crippen LogP contribution < -0.4 is 11.3 Å². The number of amides is 1. The van der Waals surface area contributed by atoms with Gasteiger partial charge in [-0.25, -0.2) is 5.84 Å². The number of nitrogens with two attached hydrogens (primary N) is 1. The maximum Gasteiger partial charge on any atom is 0.235 e. The molecule has 2 fully saturated rings. The van der Waals surface area contributed by atoms with E-state index in [1.54, 1.807) is 0 Å². The molecule has 0 bridgehead atoms. The van der Waals surface area contributed by atoms with Crippen LogP contribution in [0.4, 0.5) is 0 Å². The summed E-state index contributed by atoms with van der Waals surface area (Å²) < 4.78 is 5.70. The molecule has 1 amide bonds. The number of fused-ring (bicyclic) bond motifs is 1. The van der Waals surface area contributed by atoms with Crippen LogP contribution in [0.5, 0.6) is 0 Å². The monoisotopic (exact) mass is 213 g/mol. The van der Waals surface area contributed by atoms with Crippen molar-refractivity contribution >= 4 is 5.91 Å². The normalized spacial score (nSPS) is 31.3. The van der Waals surface area contributed by atoms with Crippen LogP contribution in [-0.4, -0.2) is 42.6 Å². The Hall–Kier alpha value is -0.650. The number of morpholine rings is 1. The smallest absolute Gasteiger partial charge is 0.235 e. The minimum absolute atomic E-state index is 0.0870. The van der Waals surface area contributed by atoms with Crippen molar-refractivity contribution in [3.05, 3.63) is 0 Å². The van der Waals surface area contributed by atoms with Gasteiger partial charge in [0.2, 0.25) is 5.91 Å². The van der Waals surface area contributed by atoms with E-state index in [1.165, 1.54) is 19.3 Å². The average Bonchev–Trinajstić information content (AvgIpc) is 2.74. The van der Waals surface area contributed by atoms with Crippen LogP contribution in [0.3, 0.4) is 0 Å². The first-order valence-corrected chi connectivity index (χ1v) is 5.66. The van der Waals surface area contributed by atoms with Crippen molar-refractivity contribution in [1.82, 2.24) is 10.3 Å². The highest BCUT2D eigenvalue weighted by Gasteiger charge is 2.35. The third-order valence-corrected chi connectivity index (χ3v) is 3.38. The SMILES string of the molecule is NNC(=O)CCN1CCOC2CCCC21. The Morgan fingerprint density at radius 2 is 2.40 bits per heavy atom. The van der Waals surface area contributed by atoms with Gasteiger partial charge in [-0.2, -0.15) is 0 Å². The molecular formula is C10H19N3O2. The van der Waals surface area contributed by atoms with Crippen LogP contribution in [0.2, 0.25) is 0 Å². The van der Waals surface area contributed by atoms with Gasteiger partial charge in [0.25, 0.3) is 0 Å². The van der Waals surface area contributed by atoms with Crippen LogP contribution in [0.15, 0.2) is 0 Å². The second-order valence-electron chi connectivity index (χ2n) is 4.26. The van der Waals surface area contributed by atoms with Crippen LogP contribution in [-0.2, 0) is 9.53 Å². The zero-order chi connectivity index (χ0) is 10.7. The summed E-state index contributed by atoms with van der Waals surface area (Å²) in [7, 11) is 0. The van der Waals surface area contributed by atoms with E-state index in [9.17, 15) is 4.79 Å². The molecule has 0 spiro atoms. The summed E-state index contributed by atoms with van der Waals surface area (Å²) in [6, 6.07) is 0.532. The summed E-state index contributed by atoms with van der Waals surface area (Å²) in [6.07, 6.45) is 4.51. The minimum Gasteiger partial charge on any atom is -0.375 e. The molecule has 1 saturated heterocycles. The number of hydrazine groups is 1.